The Balaban J connectivity index is 1.33. The zero-order chi connectivity index (χ0) is 22.5. The maximum absolute atomic E-state index is 12.7. The second-order valence-corrected chi connectivity index (χ2v) is 9.00. The number of carbonyl (C=O) groups excluding carboxylic acids is 1. The molecule has 1 fully saturated rings. The Morgan fingerprint density at radius 2 is 2.22 bits per heavy atom. The normalized spacial score (nSPS) is 22.2. The number of urea groups is 1. The second kappa shape index (κ2) is 10.1. The number of nitrogens with one attached hydrogen (secondary N) is 1. The first kappa shape index (κ1) is 22.2. The molecule has 1 aliphatic carbocycles. The first-order valence-electron chi connectivity index (χ1n) is 11.6. The van der Waals surface area contributed by atoms with E-state index in [9.17, 15) is 4.79 Å². The number of allylic oxidation sites excluding steroid dienone is 2. The number of ether oxygens (including phenoxy) is 1. The molecule has 1 aromatic heterocycles. The minimum atomic E-state index is -0.136. The highest BCUT2D eigenvalue weighted by molar-refractivity contribution is 5.88. The lowest BCUT2D eigenvalue weighted by Gasteiger charge is -2.33. The number of likely N-dealkylation sites (tertiary alicyclic amines) is 1. The van der Waals surface area contributed by atoms with Crippen molar-refractivity contribution in [2.45, 2.75) is 46.5 Å². The predicted molar refractivity (Wildman–Crippen MR) is 127 cm³/mol. The van der Waals surface area contributed by atoms with Gasteiger partial charge in [0.2, 0.25) is 5.88 Å². The number of anilines is 1. The summed E-state index contributed by atoms with van der Waals surface area (Å²) >= 11 is 0. The van der Waals surface area contributed by atoms with E-state index in [-0.39, 0.29) is 11.9 Å². The van der Waals surface area contributed by atoms with Crippen LogP contribution in [0.25, 0.3) is 6.08 Å². The summed E-state index contributed by atoms with van der Waals surface area (Å²) in [5.74, 6) is 2.26. The fraction of sp³-hybridized carbons (Fsp3) is 0.462. The Bertz CT molecular complexity index is 1010. The van der Waals surface area contributed by atoms with Gasteiger partial charge in [0.15, 0.2) is 0 Å². The quantitative estimate of drug-likeness (QED) is 0.586. The zero-order valence-corrected chi connectivity index (χ0v) is 19.3. The van der Waals surface area contributed by atoms with Crippen molar-refractivity contribution in [1.82, 2.24) is 10.1 Å². The topological polar surface area (TPSA) is 67.6 Å². The summed E-state index contributed by atoms with van der Waals surface area (Å²) in [6.07, 6.45) is 11.1. The van der Waals surface area contributed by atoms with Crippen LogP contribution in [0.5, 0.6) is 5.75 Å². The zero-order valence-electron chi connectivity index (χ0n) is 19.3. The average molecular weight is 436 g/mol. The highest BCUT2D eigenvalue weighted by Crippen LogP contribution is 2.27. The van der Waals surface area contributed by atoms with E-state index in [2.05, 4.69) is 53.8 Å². The van der Waals surface area contributed by atoms with Crippen LogP contribution in [0.1, 0.15) is 49.4 Å². The van der Waals surface area contributed by atoms with Crippen LogP contribution in [0.4, 0.5) is 10.7 Å². The Labute approximate surface area is 190 Å². The van der Waals surface area contributed by atoms with E-state index in [1.165, 1.54) is 12.0 Å². The third-order valence-corrected chi connectivity index (χ3v) is 6.54. The summed E-state index contributed by atoms with van der Waals surface area (Å²) in [7, 11) is 0. The number of piperidine rings is 1. The predicted octanol–water partition coefficient (Wildman–Crippen LogP) is 5.98. The largest absolute Gasteiger partial charge is 0.493 e. The average Bonchev–Trinajstić information content (AvgIpc) is 3.12. The molecule has 2 aliphatic rings. The summed E-state index contributed by atoms with van der Waals surface area (Å²) in [6.45, 7) is 8.06. The van der Waals surface area contributed by atoms with Gasteiger partial charge in [-0.3, -0.25) is 5.32 Å². The summed E-state index contributed by atoms with van der Waals surface area (Å²) in [4.78, 5) is 14.5. The van der Waals surface area contributed by atoms with Crippen molar-refractivity contribution in [1.29, 1.82) is 0 Å². The van der Waals surface area contributed by atoms with E-state index >= 15 is 0 Å². The van der Waals surface area contributed by atoms with Crippen molar-refractivity contribution < 1.29 is 14.1 Å². The van der Waals surface area contributed by atoms with Gasteiger partial charge in [0.25, 0.3) is 0 Å². The van der Waals surface area contributed by atoms with Crippen LogP contribution in [-0.4, -0.2) is 35.8 Å². The molecule has 1 aromatic carbocycles. The molecular weight excluding hydrogens is 402 g/mol. The number of amides is 2. The van der Waals surface area contributed by atoms with Crippen LogP contribution in [-0.2, 0) is 0 Å². The Kier molecular flexibility index (Phi) is 6.98. The van der Waals surface area contributed by atoms with Gasteiger partial charge in [-0.1, -0.05) is 48.0 Å². The van der Waals surface area contributed by atoms with Crippen molar-refractivity contribution in [3.05, 3.63) is 58.8 Å². The van der Waals surface area contributed by atoms with Gasteiger partial charge in [-0.2, -0.15) is 0 Å². The standard InChI is InChI=1S/C26H33N3O3/c1-18-16-29(26(30)27-25-19(2)20(3)28-32-25)13-12-23(18)14-22-10-7-11-24(15-22)31-17-21-8-5-4-6-9-21/h4-5,7,10-11,14-15,18,21H,6,8-9,12-13,16-17H2,1-3H3,(H,27,30)/b23-14+. The van der Waals surface area contributed by atoms with Crippen LogP contribution >= 0.6 is 0 Å². The molecule has 6 heteroatoms. The van der Waals surface area contributed by atoms with Crippen LogP contribution < -0.4 is 10.1 Å². The van der Waals surface area contributed by atoms with Crippen molar-refractivity contribution in [2.24, 2.45) is 11.8 Å². The Morgan fingerprint density at radius 1 is 1.34 bits per heavy atom. The molecular formula is C26H33N3O3. The molecule has 2 amide bonds. The van der Waals surface area contributed by atoms with Crippen LogP contribution in [0.2, 0.25) is 0 Å². The SMILES string of the molecule is Cc1noc(NC(=O)N2CC/C(=C\c3cccc(OCC4CC=CCC4)c3)C(C)C2)c1C. The Hall–Kier alpha value is -3.02. The molecule has 0 spiro atoms. The lowest BCUT2D eigenvalue weighted by atomic mass is 9.91. The van der Waals surface area contributed by atoms with Crippen LogP contribution in [0.15, 0.2) is 46.5 Å². The van der Waals surface area contributed by atoms with Gasteiger partial charge in [-0.15, -0.1) is 0 Å². The van der Waals surface area contributed by atoms with Gasteiger partial charge < -0.3 is 14.2 Å². The molecule has 1 saturated heterocycles. The number of carbonyl (C=O) groups is 1. The molecule has 0 radical (unpaired) electrons. The monoisotopic (exact) mass is 435 g/mol. The van der Waals surface area contributed by atoms with Crippen molar-refractivity contribution in [3.8, 4) is 5.75 Å². The maximum Gasteiger partial charge on any atom is 0.324 e. The molecule has 2 unspecified atom stereocenters. The fourth-order valence-electron chi connectivity index (χ4n) is 4.29. The summed E-state index contributed by atoms with van der Waals surface area (Å²) in [5.41, 5.74) is 4.17. The minimum Gasteiger partial charge on any atom is -0.493 e. The van der Waals surface area contributed by atoms with Gasteiger partial charge in [0, 0.05) is 18.7 Å². The smallest absolute Gasteiger partial charge is 0.324 e. The molecule has 1 N–H and O–H groups in total. The highest BCUT2D eigenvalue weighted by Gasteiger charge is 2.25. The van der Waals surface area contributed by atoms with E-state index in [4.69, 9.17) is 9.26 Å². The molecule has 170 valence electrons. The summed E-state index contributed by atoms with van der Waals surface area (Å²) in [5, 5.41) is 6.76. The highest BCUT2D eigenvalue weighted by atomic mass is 16.5. The molecule has 2 atom stereocenters. The van der Waals surface area contributed by atoms with Gasteiger partial charge in [-0.05, 0) is 69.1 Å². The number of hydrogen-bond acceptors (Lipinski definition) is 4. The molecule has 6 nitrogen and oxygen atoms in total. The van der Waals surface area contributed by atoms with Gasteiger partial charge in [-0.25, -0.2) is 4.79 Å². The number of hydrogen-bond donors (Lipinski definition) is 1. The van der Waals surface area contributed by atoms with Gasteiger partial charge in [0.05, 0.1) is 12.3 Å². The van der Waals surface area contributed by atoms with E-state index in [1.807, 2.05) is 24.8 Å². The lowest BCUT2D eigenvalue weighted by molar-refractivity contribution is 0.197. The Morgan fingerprint density at radius 3 is 2.94 bits per heavy atom. The van der Waals surface area contributed by atoms with E-state index in [0.29, 0.717) is 24.9 Å². The molecule has 2 heterocycles. The van der Waals surface area contributed by atoms with E-state index in [0.717, 1.165) is 48.4 Å². The maximum atomic E-state index is 12.7. The third kappa shape index (κ3) is 5.42. The molecule has 1 aliphatic heterocycles. The van der Waals surface area contributed by atoms with E-state index in [1.54, 1.807) is 0 Å². The summed E-state index contributed by atoms with van der Waals surface area (Å²) in [6, 6.07) is 8.18. The summed E-state index contributed by atoms with van der Waals surface area (Å²) < 4.78 is 11.3. The number of rotatable bonds is 5. The minimum absolute atomic E-state index is 0.136. The molecule has 0 saturated carbocycles. The van der Waals surface area contributed by atoms with Gasteiger partial charge >= 0.3 is 6.03 Å². The van der Waals surface area contributed by atoms with Crippen molar-refractivity contribution in [3.63, 3.8) is 0 Å². The number of benzene rings is 1. The molecule has 2 aromatic rings. The van der Waals surface area contributed by atoms with E-state index < -0.39 is 0 Å². The number of nitrogens with zero attached hydrogens (tertiary/aromatic N) is 2. The number of aryl methyl sites for hydroxylation is 1. The van der Waals surface area contributed by atoms with Crippen LogP contribution in [0, 0.1) is 25.7 Å². The molecule has 0 bridgehead atoms. The van der Waals surface area contributed by atoms with Crippen molar-refractivity contribution >= 4 is 18.0 Å². The molecule has 4 rings (SSSR count). The van der Waals surface area contributed by atoms with Crippen molar-refractivity contribution in [2.75, 3.05) is 25.0 Å². The number of aromatic nitrogens is 1. The first-order valence-corrected chi connectivity index (χ1v) is 11.6. The van der Waals surface area contributed by atoms with Gasteiger partial charge in [0.1, 0.15) is 5.75 Å². The van der Waals surface area contributed by atoms with Crippen LogP contribution in [0.3, 0.4) is 0 Å². The first-order chi connectivity index (χ1) is 15.5. The third-order valence-electron chi connectivity index (χ3n) is 6.54. The lowest BCUT2D eigenvalue weighted by Crippen LogP contribution is -2.42. The second-order valence-electron chi connectivity index (χ2n) is 9.00. The fourth-order valence-corrected chi connectivity index (χ4v) is 4.29. The molecule has 32 heavy (non-hydrogen) atoms.